The predicted octanol–water partition coefficient (Wildman–Crippen LogP) is 1.45. The zero-order valence-corrected chi connectivity index (χ0v) is 6.49. The fourth-order valence-corrected chi connectivity index (χ4v) is 0.877. The van der Waals surface area contributed by atoms with Crippen molar-refractivity contribution in [1.29, 1.82) is 0 Å². The Bertz CT molecular complexity index is 241. The first-order valence-electron chi connectivity index (χ1n) is 3.52. The maximum absolute atomic E-state index is 8.51. The number of aliphatic imine (C=N–C) groups is 1. The molecule has 0 saturated heterocycles. The molecule has 0 aliphatic rings. The summed E-state index contributed by atoms with van der Waals surface area (Å²) in [5, 5.41) is 8.51. The summed E-state index contributed by atoms with van der Waals surface area (Å²) in [6.07, 6.45) is 0. The second-order valence-corrected chi connectivity index (χ2v) is 2.25. The lowest BCUT2D eigenvalue weighted by Gasteiger charge is -1.97. The normalized spacial score (nSPS) is 11.6. The van der Waals surface area contributed by atoms with Gasteiger partial charge in [-0.3, -0.25) is 4.99 Å². The standard InChI is InChI=1S/C9H11NO/c1-8(10-7-11)9-5-3-2-4-6-9/h2-6,11H,7H2,1H3/b10-8+. The van der Waals surface area contributed by atoms with Crippen LogP contribution in [0, 0.1) is 0 Å². The molecule has 0 aliphatic heterocycles. The Hall–Kier alpha value is -1.15. The first kappa shape index (κ1) is 7.95. The zero-order chi connectivity index (χ0) is 8.10. The van der Waals surface area contributed by atoms with Gasteiger partial charge in [0.1, 0.15) is 6.73 Å². The third kappa shape index (κ3) is 2.16. The first-order valence-corrected chi connectivity index (χ1v) is 3.52. The molecule has 2 nitrogen and oxygen atoms in total. The summed E-state index contributed by atoms with van der Waals surface area (Å²) in [7, 11) is 0. The molecule has 0 aliphatic carbocycles. The van der Waals surface area contributed by atoms with Crippen molar-refractivity contribution in [2.45, 2.75) is 6.92 Å². The van der Waals surface area contributed by atoms with Gasteiger partial charge in [0.2, 0.25) is 0 Å². The third-order valence-corrected chi connectivity index (χ3v) is 1.50. The van der Waals surface area contributed by atoms with Crippen molar-refractivity contribution in [3.05, 3.63) is 35.9 Å². The van der Waals surface area contributed by atoms with E-state index in [1.807, 2.05) is 37.3 Å². The lowest BCUT2D eigenvalue weighted by atomic mass is 10.1. The van der Waals surface area contributed by atoms with Crippen LogP contribution in [0.4, 0.5) is 0 Å². The molecule has 0 bridgehead atoms. The molecule has 0 radical (unpaired) electrons. The summed E-state index contributed by atoms with van der Waals surface area (Å²) in [6, 6.07) is 9.79. The molecule has 0 atom stereocenters. The molecule has 0 spiro atoms. The summed E-state index contributed by atoms with van der Waals surface area (Å²) in [6.45, 7) is 1.74. The van der Waals surface area contributed by atoms with Crippen molar-refractivity contribution in [2.24, 2.45) is 4.99 Å². The molecule has 0 saturated carbocycles. The van der Waals surface area contributed by atoms with Gasteiger partial charge in [-0.25, -0.2) is 0 Å². The molecule has 0 heterocycles. The van der Waals surface area contributed by atoms with E-state index in [4.69, 9.17) is 5.11 Å². The minimum absolute atomic E-state index is 0.138. The quantitative estimate of drug-likeness (QED) is 0.634. The van der Waals surface area contributed by atoms with Crippen molar-refractivity contribution >= 4 is 5.71 Å². The molecule has 0 aromatic heterocycles. The minimum atomic E-state index is -0.138. The van der Waals surface area contributed by atoms with Crippen LogP contribution in [0.5, 0.6) is 0 Å². The van der Waals surface area contributed by atoms with Gasteiger partial charge in [-0.1, -0.05) is 30.3 Å². The van der Waals surface area contributed by atoms with Gasteiger partial charge in [0.15, 0.2) is 0 Å². The van der Waals surface area contributed by atoms with Crippen LogP contribution >= 0.6 is 0 Å². The Balaban J connectivity index is 2.85. The fourth-order valence-electron chi connectivity index (χ4n) is 0.877. The molecule has 1 aromatic carbocycles. The average molecular weight is 149 g/mol. The SMILES string of the molecule is C/C(=N\CO)c1ccccc1. The first-order chi connectivity index (χ1) is 5.34. The Morgan fingerprint density at radius 3 is 2.55 bits per heavy atom. The molecule has 11 heavy (non-hydrogen) atoms. The average Bonchev–Trinajstić information content (AvgIpc) is 2.07. The Morgan fingerprint density at radius 2 is 2.00 bits per heavy atom. The highest BCUT2D eigenvalue weighted by Crippen LogP contribution is 1.99. The van der Waals surface area contributed by atoms with E-state index in [9.17, 15) is 0 Å². The molecular formula is C9H11NO. The van der Waals surface area contributed by atoms with E-state index in [0.29, 0.717) is 0 Å². The van der Waals surface area contributed by atoms with Crippen LogP contribution in [0.25, 0.3) is 0 Å². The van der Waals surface area contributed by atoms with Gasteiger partial charge in [0.25, 0.3) is 0 Å². The molecule has 2 heteroatoms. The van der Waals surface area contributed by atoms with Gasteiger partial charge in [-0.15, -0.1) is 0 Å². The van der Waals surface area contributed by atoms with Crippen molar-refractivity contribution in [2.75, 3.05) is 6.73 Å². The highest BCUT2D eigenvalue weighted by Gasteiger charge is 1.92. The number of hydrogen-bond donors (Lipinski definition) is 1. The fraction of sp³-hybridized carbons (Fsp3) is 0.222. The van der Waals surface area contributed by atoms with Gasteiger partial charge in [0.05, 0.1) is 0 Å². The Labute approximate surface area is 66.2 Å². The summed E-state index contributed by atoms with van der Waals surface area (Å²) < 4.78 is 0. The monoisotopic (exact) mass is 149 g/mol. The van der Waals surface area contributed by atoms with E-state index in [2.05, 4.69) is 4.99 Å². The number of hydrogen-bond acceptors (Lipinski definition) is 2. The van der Waals surface area contributed by atoms with E-state index >= 15 is 0 Å². The van der Waals surface area contributed by atoms with Crippen molar-refractivity contribution in [3.63, 3.8) is 0 Å². The summed E-state index contributed by atoms with van der Waals surface area (Å²) >= 11 is 0. The molecule has 1 rings (SSSR count). The zero-order valence-electron chi connectivity index (χ0n) is 6.49. The van der Waals surface area contributed by atoms with Gasteiger partial charge in [0, 0.05) is 5.71 Å². The van der Waals surface area contributed by atoms with E-state index in [0.717, 1.165) is 11.3 Å². The number of rotatable bonds is 2. The van der Waals surface area contributed by atoms with Gasteiger partial charge in [-0.2, -0.15) is 0 Å². The van der Waals surface area contributed by atoms with Crippen LogP contribution in [-0.2, 0) is 0 Å². The van der Waals surface area contributed by atoms with Crippen LogP contribution in [0.1, 0.15) is 12.5 Å². The van der Waals surface area contributed by atoms with E-state index in [1.54, 1.807) is 0 Å². The molecule has 0 unspecified atom stereocenters. The smallest absolute Gasteiger partial charge is 0.134 e. The van der Waals surface area contributed by atoms with Gasteiger partial charge in [-0.05, 0) is 12.5 Å². The minimum Gasteiger partial charge on any atom is -0.375 e. The van der Waals surface area contributed by atoms with Crippen LogP contribution in [0.3, 0.4) is 0 Å². The maximum Gasteiger partial charge on any atom is 0.134 e. The second kappa shape index (κ2) is 3.88. The number of aliphatic hydroxyl groups is 1. The van der Waals surface area contributed by atoms with Gasteiger partial charge >= 0.3 is 0 Å². The van der Waals surface area contributed by atoms with Crippen LogP contribution in [0.2, 0.25) is 0 Å². The van der Waals surface area contributed by atoms with Crippen LogP contribution < -0.4 is 0 Å². The largest absolute Gasteiger partial charge is 0.375 e. The van der Waals surface area contributed by atoms with E-state index in [1.165, 1.54) is 0 Å². The molecule has 1 N–H and O–H groups in total. The van der Waals surface area contributed by atoms with E-state index < -0.39 is 0 Å². The molecule has 0 fully saturated rings. The van der Waals surface area contributed by atoms with E-state index in [-0.39, 0.29) is 6.73 Å². The van der Waals surface area contributed by atoms with Gasteiger partial charge < -0.3 is 5.11 Å². The Kier molecular flexibility index (Phi) is 2.81. The number of benzene rings is 1. The third-order valence-electron chi connectivity index (χ3n) is 1.50. The second-order valence-electron chi connectivity index (χ2n) is 2.25. The van der Waals surface area contributed by atoms with Crippen molar-refractivity contribution in [3.8, 4) is 0 Å². The van der Waals surface area contributed by atoms with Crippen molar-refractivity contribution in [1.82, 2.24) is 0 Å². The molecule has 0 amide bonds. The summed E-state index contributed by atoms with van der Waals surface area (Å²) in [4.78, 5) is 3.87. The number of aliphatic hydroxyl groups excluding tert-OH is 1. The lowest BCUT2D eigenvalue weighted by Crippen LogP contribution is -1.94. The van der Waals surface area contributed by atoms with Crippen molar-refractivity contribution < 1.29 is 5.11 Å². The topological polar surface area (TPSA) is 32.6 Å². The highest BCUT2D eigenvalue weighted by atomic mass is 16.3. The molecule has 58 valence electrons. The van der Waals surface area contributed by atoms with Crippen LogP contribution in [0.15, 0.2) is 35.3 Å². The molecular weight excluding hydrogens is 138 g/mol. The maximum atomic E-state index is 8.51. The van der Waals surface area contributed by atoms with Crippen LogP contribution in [-0.4, -0.2) is 17.5 Å². The Morgan fingerprint density at radius 1 is 1.36 bits per heavy atom. The number of nitrogens with zero attached hydrogens (tertiary/aromatic N) is 1. The lowest BCUT2D eigenvalue weighted by molar-refractivity contribution is 0.309. The highest BCUT2D eigenvalue weighted by molar-refractivity contribution is 5.98. The molecule has 1 aromatic rings. The summed E-state index contributed by atoms with van der Waals surface area (Å²) in [5.74, 6) is 0. The predicted molar refractivity (Wildman–Crippen MR) is 45.7 cm³/mol. The summed E-state index contributed by atoms with van der Waals surface area (Å²) in [5.41, 5.74) is 1.93.